The number of carbonyl (C=O) groups is 1. The number of hydrogen-bond acceptors (Lipinski definition) is 2. The molecule has 0 heterocycles. The molecule has 2 atom stereocenters. The Hall–Kier alpha value is -1.85. The van der Waals surface area contributed by atoms with Gasteiger partial charge in [0.25, 0.3) is 0 Å². The smallest absolute Gasteiger partial charge is 0.319 e. The molecule has 2 amide bonds. The summed E-state index contributed by atoms with van der Waals surface area (Å²) >= 11 is 3.36. The molecule has 5 heteroatoms. The van der Waals surface area contributed by atoms with Gasteiger partial charge in [-0.25, -0.2) is 4.79 Å². The van der Waals surface area contributed by atoms with Crippen molar-refractivity contribution in [1.29, 1.82) is 0 Å². The van der Waals surface area contributed by atoms with Crippen molar-refractivity contribution in [3.63, 3.8) is 0 Å². The summed E-state index contributed by atoms with van der Waals surface area (Å²) in [7, 11) is 0. The standard InChI is InChI=1S/C16H15BrN2O2/c17-11-5-3-6-12(9-11)18-16(21)19-15-13-7-2-1-4-10(13)8-14(15)20/h1-7,9,14-15,20H,8H2,(H2,18,19,21)/t14-,15+/m0/s1. The summed E-state index contributed by atoms with van der Waals surface area (Å²) in [5, 5.41) is 15.7. The number of carbonyl (C=O) groups excluding carboxylic acids is 1. The second-order valence-electron chi connectivity index (χ2n) is 5.06. The van der Waals surface area contributed by atoms with E-state index in [0.717, 1.165) is 15.6 Å². The van der Waals surface area contributed by atoms with Crippen molar-refractivity contribution in [2.45, 2.75) is 18.6 Å². The number of amides is 2. The van der Waals surface area contributed by atoms with Crippen molar-refractivity contribution in [3.8, 4) is 0 Å². The summed E-state index contributed by atoms with van der Waals surface area (Å²) in [6.45, 7) is 0. The van der Waals surface area contributed by atoms with E-state index >= 15 is 0 Å². The number of urea groups is 1. The lowest BCUT2D eigenvalue weighted by molar-refractivity contribution is 0.144. The molecule has 0 fully saturated rings. The number of halogens is 1. The van der Waals surface area contributed by atoms with Crippen molar-refractivity contribution in [1.82, 2.24) is 5.32 Å². The molecule has 0 spiro atoms. The Morgan fingerprint density at radius 2 is 2.00 bits per heavy atom. The van der Waals surface area contributed by atoms with Crippen LogP contribution >= 0.6 is 15.9 Å². The monoisotopic (exact) mass is 346 g/mol. The molecule has 3 rings (SSSR count). The van der Waals surface area contributed by atoms with Crippen LogP contribution in [0.4, 0.5) is 10.5 Å². The zero-order valence-corrected chi connectivity index (χ0v) is 12.8. The predicted octanol–water partition coefficient (Wildman–Crippen LogP) is 3.23. The van der Waals surface area contributed by atoms with Gasteiger partial charge in [0.05, 0.1) is 12.1 Å². The number of aliphatic hydroxyl groups is 1. The number of nitrogens with one attached hydrogen (secondary N) is 2. The minimum Gasteiger partial charge on any atom is -0.390 e. The Morgan fingerprint density at radius 1 is 1.19 bits per heavy atom. The number of hydrogen-bond donors (Lipinski definition) is 3. The zero-order chi connectivity index (χ0) is 14.8. The van der Waals surface area contributed by atoms with Gasteiger partial charge in [-0.1, -0.05) is 46.3 Å². The second kappa shape index (κ2) is 5.87. The highest BCUT2D eigenvalue weighted by molar-refractivity contribution is 9.10. The predicted molar refractivity (Wildman–Crippen MR) is 85.2 cm³/mol. The average molecular weight is 347 g/mol. The second-order valence-corrected chi connectivity index (χ2v) is 5.97. The fourth-order valence-corrected chi connectivity index (χ4v) is 3.02. The highest BCUT2D eigenvalue weighted by atomic mass is 79.9. The van der Waals surface area contributed by atoms with E-state index < -0.39 is 6.10 Å². The zero-order valence-electron chi connectivity index (χ0n) is 11.2. The normalized spacial score (nSPS) is 19.9. The van der Waals surface area contributed by atoms with Gasteiger partial charge in [0.15, 0.2) is 0 Å². The van der Waals surface area contributed by atoms with Crippen LogP contribution in [0.2, 0.25) is 0 Å². The number of rotatable bonds is 2. The van der Waals surface area contributed by atoms with Crippen molar-refractivity contribution in [2.75, 3.05) is 5.32 Å². The van der Waals surface area contributed by atoms with Gasteiger partial charge in [-0.15, -0.1) is 0 Å². The highest BCUT2D eigenvalue weighted by Crippen LogP contribution is 2.31. The summed E-state index contributed by atoms with van der Waals surface area (Å²) in [6, 6.07) is 14.4. The van der Waals surface area contributed by atoms with Crippen LogP contribution < -0.4 is 10.6 Å². The molecule has 0 aromatic heterocycles. The van der Waals surface area contributed by atoms with Gasteiger partial charge in [0, 0.05) is 16.6 Å². The Morgan fingerprint density at radius 3 is 2.81 bits per heavy atom. The topological polar surface area (TPSA) is 61.4 Å². The van der Waals surface area contributed by atoms with Crippen LogP contribution in [0.15, 0.2) is 53.0 Å². The Labute approximate surface area is 131 Å². The van der Waals surface area contributed by atoms with Gasteiger partial charge in [0.1, 0.15) is 0 Å². The SMILES string of the molecule is O=C(Nc1cccc(Br)c1)N[C@@H]1c2ccccc2C[C@@H]1O. The lowest BCUT2D eigenvalue weighted by Crippen LogP contribution is -2.36. The Kier molecular flexibility index (Phi) is 3.94. The van der Waals surface area contributed by atoms with Gasteiger partial charge >= 0.3 is 6.03 Å². The number of anilines is 1. The fourth-order valence-electron chi connectivity index (χ4n) is 2.62. The number of benzene rings is 2. The van der Waals surface area contributed by atoms with E-state index in [1.165, 1.54) is 0 Å². The summed E-state index contributed by atoms with van der Waals surface area (Å²) < 4.78 is 0.895. The van der Waals surface area contributed by atoms with Crippen LogP contribution in [0.3, 0.4) is 0 Å². The van der Waals surface area contributed by atoms with E-state index in [9.17, 15) is 9.90 Å². The third kappa shape index (κ3) is 3.09. The molecule has 0 aliphatic heterocycles. The molecule has 0 radical (unpaired) electrons. The molecule has 3 N–H and O–H groups in total. The average Bonchev–Trinajstić information content (AvgIpc) is 2.75. The summed E-state index contributed by atoms with van der Waals surface area (Å²) in [6.07, 6.45) is -0.0199. The summed E-state index contributed by atoms with van der Waals surface area (Å²) in [4.78, 5) is 12.1. The first-order valence-electron chi connectivity index (χ1n) is 6.72. The Bertz CT molecular complexity index is 675. The van der Waals surface area contributed by atoms with Gasteiger partial charge in [0.2, 0.25) is 0 Å². The van der Waals surface area contributed by atoms with E-state index in [1.807, 2.05) is 48.5 Å². The van der Waals surface area contributed by atoms with E-state index in [-0.39, 0.29) is 12.1 Å². The van der Waals surface area contributed by atoms with Gasteiger partial charge in [-0.2, -0.15) is 0 Å². The number of aliphatic hydroxyl groups excluding tert-OH is 1. The summed E-state index contributed by atoms with van der Waals surface area (Å²) in [5.74, 6) is 0. The molecule has 1 aliphatic carbocycles. The molecule has 108 valence electrons. The lowest BCUT2D eigenvalue weighted by Gasteiger charge is -2.18. The van der Waals surface area contributed by atoms with Crippen LogP contribution in [0, 0.1) is 0 Å². The molecule has 1 aliphatic rings. The molecule has 0 saturated heterocycles. The van der Waals surface area contributed by atoms with Crippen molar-refractivity contribution >= 4 is 27.6 Å². The maximum atomic E-state index is 12.1. The van der Waals surface area contributed by atoms with Crippen LogP contribution in [0.25, 0.3) is 0 Å². The first kappa shape index (κ1) is 14.1. The highest BCUT2D eigenvalue weighted by Gasteiger charge is 2.31. The van der Waals surface area contributed by atoms with E-state index in [0.29, 0.717) is 12.1 Å². The fraction of sp³-hybridized carbons (Fsp3) is 0.188. The minimum atomic E-state index is -0.587. The van der Waals surface area contributed by atoms with E-state index in [4.69, 9.17) is 0 Å². The third-order valence-corrected chi connectivity index (χ3v) is 4.07. The van der Waals surface area contributed by atoms with Crippen LogP contribution in [0.1, 0.15) is 17.2 Å². The molecular formula is C16H15BrN2O2. The van der Waals surface area contributed by atoms with Gasteiger partial charge in [-0.05, 0) is 29.3 Å². The molecular weight excluding hydrogens is 332 g/mol. The van der Waals surface area contributed by atoms with Crippen LogP contribution in [-0.4, -0.2) is 17.2 Å². The van der Waals surface area contributed by atoms with Crippen LogP contribution in [0.5, 0.6) is 0 Å². The maximum absolute atomic E-state index is 12.1. The van der Waals surface area contributed by atoms with Gasteiger partial charge < -0.3 is 15.7 Å². The molecule has 0 bridgehead atoms. The Balaban J connectivity index is 1.70. The third-order valence-electron chi connectivity index (χ3n) is 3.57. The minimum absolute atomic E-state index is 0.325. The van der Waals surface area contributed by atoms with E-state index in [2.05, 4.69) is 26.6 Å². The molecule has 4 nitrogen and oxygen atoms in total. The van der Waals surface area contributed by atoms with E-state index in [1.54, 1.807) is 0 Å². The van der Waals surface area contributed by atoms with Crippen LogP contribution in [-0.2, 0) is 6.42 Å². The molecule has 0 unspecified atom stereocenters. The first-order chi connectivity index (χ1) is 10.1. The number of fused-ring (bicyclic) bond motifs is 1. The lowest BCUT2D eigenvalue weighted by atomic mass is 10.1. The van der Waals surface area contributed by atoms with Crippen molar-refractivity contribution in [3.05, 3.63) is 64.1 Å². The summed E-state index contributed by atoms with van der Waals surface area (Å²) in [5.41, 5.74) is 2.76. The van der Waals surface area contributed by atoms with Crippen molar-refractivity contribution < 1.29 is 9.90 Å². The molecule has 0 saturated carbocycles. The molecule has 21 heavy (non-hydrogen) atoms. The molecule has 2 aromatic rings. The quantitative estimate of drug-likeness (QED) is 0.781. The largest absolute Gasteiger partial charge is 0.390 e. The van der Waals surface area contributed by atoms with Crippen molar-refractivity contribution in [2.24, 2.45) is 0 Å². The maximum Gasteiger partial charge on any atom is 0.319 e. The van der Waals surface area contributed by atoms with Gasteiger partial charge in [-0.3, -0.25) is 0 Å². The molecule has 2 aromatic carbocycles. The first-order valence-corrected chi connectivity index (χ1v) is 7.52.